The highest BCUT2D eigenvalue weighted by molar-refractivity contribution is 5.50. The van der Waals surface area contributed by atoms with E-state index < -0.39 is 5.60 Å². The van der Waals surface area contributed by atoms with E-state index in [2.05, 4.69) is 5.32 Å². The smallest absolute Gasteiger partial charge is 0.0920 e. The average molecular weight is 247 g/mol. The molecule has 1 aromatic carbocycles. The van der Waals surface area contributed by atoms with Crippen molar-refractivity contribution < 1.29 is 10.2 Å². The Morgan fingerprint density at radius 2 is 1.83 bits per heavy atom. The molecule has 0 amide bonds. The maximum atomic E-state index is 10.6. The molecule has 3 heteroatoms. The molecular weight excluding hydrogens is 226 g/mol. The Bertz CT molecular complexity index is 391. The number of rotatable bonds is 4. The fourth-order valence-corrected chi connectivity index (χ4v) is 2.33. The summed E-state index contributed by atoms with van der Waals surface area (Å²) in [4.78, 5) is 0. The predicted octanol–water partition coefficient (Wildman–Crippen LogP) is 1.65. The van der Waals surface area contributed by atoms with Gasteiger partial charge in [0.05, 0.1) is 5.60 Å². The Morgan fingerprint density at radius 1 is 1.17 bits per heavy atom. The Hall–Kier alpha value is -1.16. The van der Waals surface area contributed by atoms with Crippen LogP contribution in [0.4, 0.5) is 0 Å². The zero-order valence-corrected chi connectivity index (χ0v) is 10.6. The first-order chi connectivity index (χ1) is 8.74. The van der Waals surface area contributed by atoms with Crippen molar-refractivity contribution in [2.24, 2.45) is 0 Å². The van der Waals surface area contributed by atoms with E-state index in [1.54, 1.807) is 0 Å². The first-order valence-corrected chi connectivity index (χ1v) is 6.56. The highest BCUT2D eigenvalue weighted by Crippen LogP contribution is 2.30. The summed E-state index contributed by atoms with van der Waals surface area (Å²) in [6.07, 6.45) is 6.16. The minimum atomic E-state index is -0.668. The van der Waals surface area contributed by atoms with Gasteiger partial charge < -0.3 is 15.5 Å². The van der Waals surface area contributed by atoms with Gasteiger partial charge in [-0.25, -0.2) is 0 Å². The van der Waals surface area contributed by atoms with Gasteiger partial charge in [-0.15, -0.1) is 0 Å². The molecule has 1 aromatic rings. The van der Waals surface area contributed by atoms with Crippen LogP contribution in [0.25, 0.3) is 6.08 Å². The van der Waals surface area contributed by atoms with Gasteiger partial charge in [0, 0.05) is 6.61 Å². The quantitative estimate of drug-likeness (QED) is 0.758. The molecular formula is C15H21NO2. The molecule has 1 aliphatic heterocycles. The van der Waals surface area contributed by atoms with Gasteiger partial charge in [0.25, 0.3) is 0 Å². The summed E-state index contributed by atoms with van der Waals surface area (Å²) in [5.41, 5.74) is 1.44. The number of nitrogens with one attached hydrogen (secondary N) is 1. The van der Waals surface area contributed by atoms with Crippen molar-refractivity contribution in [3.63, 3.8) is 0 Å². The second-order valence-electron chi connectivity index (χ2n) is 4.82. The van der Waals surface area contributed by atoms with E-state index in [4.69, 9.17) is 5.11 Å². The van der Waals surface area contributed by atoms with Crippen LogP contribution in [-0.2, 0) is 5.60 Å². The van der Waals surface area contributed by atoms with Crippen LogP contribution in [0.2, 0.25) is 0 Å². The fraction of sp³-hybridized carbons (Fsp3) is 0.467. The molecule has 2 rings (SSSR count). The molecule has 0 radical (unpaired) electrons. The molecule has 0 saturated carbocycles. The Labute approximate surface area is 108 Å². The van der Waals surface area contributed by atoms with E-state index in [1.165, 1.54) is 0 Å². The van der Waals surface area contributed by atoms with Crippen molar-refractivity contribution in [3.8, 4) is 0 Å². The van der Waals surface area contributed by atoms with Gasteiger partial charge in [-0.05, 0) is 43.5 Å². The molecule has 0 aliphatic carbocycles. The van der Waals surface area contributed by atoms with E-state index in [-0.39, 0.29) is 6.61 Å². The van der Waals surface area contributed by atoms with Crippen LogP contribution >= 0.6 is 0 Å². The normalized spacial score (nSPS) is 19.2. The van der Waals surface area contributed by atoms with Crippen molar-refractivity contribution >= 4 is 6.08 Å². The molecule has 98 valence electrons. The summed E-state index contributed by atoms with van der Waals surface area (Å²) in [6, 6.07) is 8.04. The molecule has 0 bridgehead atoms. The highest BCUT2D eigenvalue weighted by Gasteiger charge is 2.30. The molecule has 0 atom stereocenters. The summed E-state index contributed by atoms with van der Waals surface area (Å²) in [5.74, 6) is 0. The number of hydrogen-bond donors (Lipinski definition) is 3. The summed E-state index contributed by atoms with van der Waals surface area (Å²) in [6.45, 7) is 1.92. The third kappa shape index (κ3) is 3.19. The fourth-order valence-electron chi connectivity index (χ4n) is 2.33. The number of aliphatic hydroxyl groups is 2. The Kier molecular flexibility index (Phi) is 4.53. The van der Waals surface area contributed by atoms with Crippen molar-refractivity contribution in [1.82, 2.24) is 5.32 Å². The van der Waals surface area contributed by atoms with Crippen LogP contribution < -0.4 is 5.32 Å². The first-order valence-electron chi connectivity index (χ1n) is 6.56. The molecule has 0 aromatic heterocycles. The molecule has 1 heterocycles. The summed E-state index contributed by atoms with van der Waals surface area (Å²) in [5, 5.41) is 22.5. The third-order valence-electron chi connectivity index (χ3n) is 3.48. The molecule has 0 unspecified atom stereocenters. The summed E-state index contributed by atoms with van der Waals surface area (Å²) in [7, 11) is 0. The van der Waals surface area contributed by atoms with Crippen LogP contribution in [0.15, 0.2) is 30.3 Å². The number of aliphatic hydroxyl groups excluding tert-OH is 1. The standard InChI is InChI=1S/C15H21NO2/c17-12-2-1-3-13-4-6-14(7-5-13)15(18)8-10-16-11-9-15/h1,3-7,16-18H,2,8-12H2. The van der Waals surface area contributed by atoms with E-state index >= 15 is 0 Å². The second-order valence-corrected chi connectivity index (χ2v) is 4.82. The third-order valence-corrected chi connectivity index (χ3v) is 3.48. The monoisotopic (exact) mass is 247 g/mol. The topological polar surface area (TPSA) is 52.5 Å². The van der Waals surface area contributed by atoms with Crippen LogP contribution in [0.3, 0.4) is 0 Å². The second kappa shape index (κ2) is 6.14. The van der Waals surface area contributed by atoms with E-state index in [9.17, 15) is 5.11 Å². The maximum absolute atomic E-state index is 10.6. The van der Waals surface area contributed by atoms with Crippen molar-refractivity contribution in [2.75, 3.05) is 19.7 Å². The van der Waals surface area contributed by atoms with Gasteiger partial charge in [0.1, 0.15) is 0 Å². The molecule has 0 spiro atoms. The van der Waals surface area contributed by atoms with Gasteiger partial charge in [-0.2, -0.15) is 0 Å². The van der Waals surface area contributed by atoms with Crippen LogP contribution in [0, 0.1) is 0 Å². The zero-order chi connectivity index (χ0) is 12.8. The SMILES string of the molecule is OCCC=Cc1ccc(C2(O)CCNCC2)cc1. The van der Waals surface area contributed by atoms with Gasteiger partial charge in [-0.3, -0.25) is 0 Å². The van der Waals surface area contributed by atoms with E-state index in [1.807, 2.05) is 36.4 Å². The number of benzene rings is 1. The highest BCUT2D eigenvalue weighted by atomic mass is 16.3. The molecule has 18 heavy (non-hydrogen) atoms. The first kappa shape index (κ1) is 13.3. The Balaban J connectivity index is 2.07. The lowest BCUT2D eigenvalue weighted by atomic mass is 9.85. The van der Waals surface area contributed by atoms with Crippen LogP contribution in [0.1, 0.15) is 30.4 Å². The van der Waals surface area contributed by atoms with Gasteiger partial charge in [0.2, 0.25) is 0 Å². The van der Waals surface area contributed by atoms with Gasteiger partial charge >= 0.3 is 0 Å². The lowest BCUT2D eigenvalue weighted by Gasteiger charge is -2.33. The largest absolute Gasteiger partial charge is 0.396 e. The molecule has 3 N–H and O–H groups in total. The molecule has 1 saturated heterocycles. The van der Waals surface area contributed by atoms with E-state index in [0.29, 0.717) is 6.42 Å². The maximum Gasteiger partial charge on any atom is 0.0920 e. The number of piperidine rings is 1. The zero-order valence-electron chi connectivity index (χ0n) is 10.6. The molecule has 3 nitrogen and oxygen atoms in total. The van der Waals surface area contributed by atoms with Gasteiger partial charge in [-0.1, -0.05) is 36.4 Å². The molecule has 1 fully saturated rings. The van der Waals surface area contributed by atoms with Gasteiger partial charge in [0.15, 0.2) is 0 Å². The van der Waals surface area contributed by atoms with Crippen LogP contribution in [0.5, 0.6) is 0 Å². The molecule has 1 aliphatic rings. The lowest BCUT2D eigenvalue weighted by Crippen LogP contribution is -2.39. The minimum absolute atomic E-state index is 0.182. The average Bonchev–Trinajstić information content (AvgIpc) is 2.41. The lowest BCUT2D eigenvalue weighted by molar-refractivity contribution is 0.00594. The summed E-state index contributed by atoms with van der Waals surface area (Å²) < 4.78 is 0. The van der Waals surface area contributed by atoms with Crippen molar-refractivity contribution in [3.05, 3.63) is 41.5 Å². The number of hydrogen-bond acceptors (Lipinski definition) is 3. The summed E-state index contributed by atoms with van der Waals surface area (Å²) >= 11 is 0. The Morgan fingerprint density at radius 3 is 2.44 bits per heavy atom. The predicted molar refractivity (Wildman–Crippen MR) is 73.2 cm³/mol. The van der Waals surface area contributed by atoms with E-state index in [0.717, 1.165) is 37.1 Å². The van der Waals surface area contributed by atoms with Crippen LogP contribution in [-0.4, -0.2) is 29.9 Å². The van der Waals surface area contributed by atoms with Crippen molar-refractivity contribution in [2.45, 2.75) is 24.9 Å². The van der Waals surface area contributed by atoms with Crippen molar-refractivity contribution in [1.29, 1.82) is 0 Å². The minimum Gasteiger partial charge on any atom is -0.396 e.